The van der Waals surface area contributed by atoms with Gasteiger partial charge in [0.25, 0.3) is 0 Å². The first-order chi connectivity index (χ1) is 8.66. The molecule has 0 spiro atoms. The summed E-state index contributed by atoms with van der Waals surface area (Å²) in [5, 5.41) is 3.82. The Balaban J connectivity index is 1.66. The van der Waals surface area contributed by atoms with Gasteiger partial charge in [0.05, 0.1) is 0 Å². The maximum atomic E-state index is 3.82. The fourth-order valence-electron chi connectivity index (χ4n) is 3.34. The van der Waals surface area contributed by atoms with Gasteiger partial charge in [-0.05, 0) is 37.5 Å². The Morgan fingerprint density at radius 1 is 1.11 bits per heavy atom. The van der Waals surface area contributed by atoms with E-state index in [9.17, 15) is 0 Å². The van der Waals surface area contributed by atoms with Gasteiger partial charge in [-0.25, -0.2) is 0 Å². The van der Waals surface area contributed by atoms with Gasteiger partial charge in [0.2, 0.25) is 0 Å². The number of nitrogens with zero attached hydrogens (tertiary/aromatic N) is 1. The van der Waals surface area contributed by atoms with Crippen molar-refractivity contribution >= 4 is 0 Å². The fraction of sp³-hybridized carbons (Fsp3) is 1.00. The molecule has 2 rings (SSSR count). The smallest absolute Gasteiger partial charge is 0.0110 e. The van der Waals surface area contributed by atoms with Crippen molar-refractivity contribution < 1.29 is 0 Å². The summed E-state index contributed by atoms with van der Waals surface area (Å²) in [7, 11) is 0. The van der Waals surface area contributed by atoms with Crippen LogP contribution in [0.4, 0.5) is 0 Å². The topological polar surface area (TPSA) is 15.3 Å². The second-order valence-electron chi connectivity index (χ2n) is 6.94. The van der Waals surface area contributed by atoms with Gasteiger partial charge in [0, 0.05) is 31.7 Å². The van der Waals surface area contributed by atoms with Crippen molar-refractivity contribution in [1.29, 1.82) is 0 Å². The lowest BCUT2D eigenvalue weighted by Gasteiger charge is -2.31. The van der Waals surface area contributed by atoms with E-state index in [4.69, 9.17) is 0 Å². The molecule has 0 aromatic rings. The van der Waals surface area contributed by atoms with Gasteiger partial charge in [0.1, 0.15) is 0 Å². The van der Waals surface area contributed by atoms with Crippen LogP contribution >= 0.6 is 0 Å². The third-order valence-electron chi connectivity index (χ3n) is 4.58. The Morgan fingerprint density at radius 2 is 1.83 bits per heavy atom. The molecule has 2 aliphatic rings. The van der Waals surface area contributed by atoms with Crippen LogP contribution in [0.2, 0.25) is 0 Å². The van der Waals surface area contributed by atoms with Crippen molar-refractivity contribution in [2.75, 3.05) is 19.6 Å². The Kier molecular flexibility index (Phi) is 5.50. The highest BCUT2D eigenvalue weighted by Crippen LogP contribution is 2.27. The molecule has 1 N–H and O–H groups in total. The predicted molar refractivity (Wildman–Crippen MR) is 78.9 cm³/mol. The molecule has 0 aliphatic heterocycles. The van der Waals surface area contributed by atoms with E-state index in [1.807, 2.05) is 0 Å². The average Bonchev–Trinajstić information content (AvgIpc) is 3.14. The minimum Gasteiger partial charge on any atom is -0.312 e. The van der Waals surface area contributed by atoms with Crippen molar-refractivity contribution in [1.82, 2.24) is 10.2 Å². The van der Waals surface area contributed by atoms with E-state index in [-0.39, 0.29) is 0 Å². The normalized spacial score (nSPS) is 29.2. The molecule has 18 heavy (non-hydrogen) atoms. The molecular formula is C16H32N2. The highest BCUT2D eigenvalue weighted by atomic mass is 15.2. The predicted octanol–water partition coefficient (Wildman–Crippen LogP) is 3.28. The lowest BCUT2D eigenvalue weighted by atomic mass is 9.86. The first-order valence-corrected chi connectivity index (χ1v) is 8.14. The molecule has 106 valence electrons. The standard InChI is InChI=1S/C16H32N2/c1-13(2)12-18(15-8-9-15)11-10-17-16-7-5-4-6-14(16)3/h13-17H,4-12H2,1-3H3. The summed E-state index contributed by atoms with van der Waals surface area (Å²) >= 11 is 0. The zero-order valence-electron chi connectivity index (χ0n) is 12.6. The molecule has 0 amide bonds. The van der Waals surface area contributed by atoms with Crippen LogP contribution in [-0.2, 0) is 0 Å². The molecule has 2 nitrogen and oxygen atoms in total. The van der Waals surface area contributed by atoms with Crippen LogP contribution in [0.5, 0.6) is 0 Å². The Bertz CT molecular complexity index is 235. The Hall–Kier alpha value is -0.0800. The molecule has 2 unspecified atom stereocenters. The van der Waals surface area contributed by atoms with Gasteiger partial charge in [-0.2, -0.15) is 0 Å². The second-order valence-corrected chi connectivity index (χ2v) is 6.94. The van der Waals surface area contributed by atoms with Gasteiger partial charge in [-0.15, -0.1) is 0 Å². The number of hydrogen-bond donors (Lipinski definition) is 1. The van der Waals surface area contributed by atoms with E-state index in [2.05, 4.69) is 31.0 Å². The zero-order chi connectivity index (χ0) is 13.0. The molecule has 0 radical (unpaired) electrons. The van der Waals surface area contributed by atoms with Crippen molar-refractivity contribution in [3.05, 3.63) is 0 Å². The molecule has 0 bridgehead atoms. The third kappa shape index (κ3) is 4.55. The monoisotopic (exact) mass is 252 g/mol. The van der Waals surface area contributed by atoms with E-state index in [1.165, 1.54) is 58.2 Å². The first-order valence-electron chi connectivity index (χ1n) is 8.14. The summed E-state index contributed by atoms with van der Waals surface area (Å²) in [5.74, 6) is 1.69. The van der Waals surface area contributed by atoms with Crippen molar-refractivity contribution in [3.63, 3.8) is 0 Å². The molecule has 2 saturated carbocycles. The van der Waals surface area contributed by atoms with Crippen LogP contribution in [0.1, 0.15) is 59.3 Å². The molecule has 0 aromatic carbocycles. The number of nitrogens with one attached hydrogen (secondary N) is 1. The third-order valence-corrected chi connectivity index (χ3v) is 4.58. The van der Waals surface area contributed by atoms with Crippen molar-refractivity contribution in [2.24, 2.45) is 11.8 Å². The number of rotatable bonds is 7. The van der Waals surface area contributed by atoms with E-state index >= 15 is 0 Å². The van der Waals surface area contributed by atoms with Gasteiger partial charge >= 0.3 is 0 Å². The summed E-state index contributed by atoms with van der Waals surface area (Å²) in [6.07, 6.45) is 8.57. The van der Waals surface area contributed by atoms with Gasteiger partial charge in [-0.1, -0.05) is 33.6 Å². The molecular weight excluding hydrogens is 220 g/mol. The average molecular weight is 252 g/mol. The van der Waals surface area contributed by atoms with Crippen LogP contribution < -0.4 is 5.32 Å². The summed E-state index contributed by atoms with van der Waals surface area (Å²) in [6, 6.07) is 1.71. The minimum atomic E-state index is 0.791. The van der Waals surface area contributed by atoms with E-state index in [1.54, 1.807) is 0 Å². The van der Waals surface area contributed by atoms with Crippen LogP contribution in [0.25, 0.3) is 0 Å². The van der Waals surface area contributed by atoms with Crippen LogP contribution in [0, 0.1) is 11.8 Å². The summed E-state index contributed by atoms with van der Waals surface area (Å²) in [4.78, 5) is 2.71. The fourth-order valence-corrected chi connectivity index (χ4v) is 3.34. The Morgan fingerprint density at radius 3 is 2.44 bits per heavy atom. The summed E-state index contributed by atoms with van der Waals surface area (Å²) in [6.45, 7) is 10.8. The lowest BCUT2D eigenvalue weighted by molar-refractivity contribution is 0.217. The van der Waals surface area contributed by atoms with Gasteiger partial charge in [0.15, 0.2) is 0 Å². The number of hydrogen-bond acceptors (Lipinski definition) is 2. The second kappa shape index (κ2) is 6.91. The molecule has 0 aromatic heterocycles. The maximum Gasteiger partial charge on any atom is 0.0110 e. The van der Waals surface area contributed by atoms with Crippen LogP contribution in [-0.4, -0.2) is 36.6 Å². The highest BCUT2D eigenvalue weighted by Gasteiger charge is 2.29. The van der Waals surface area contributed by atoms with Crippen LogP contribution in [0.3, 0.4) is 0 Å². The van der Waals surface area contributed by atoms with Gasteiger partial charge < -0.3 is 5.32 Å². The lowest BCUT2D eigenvalue weighted by Crippen LogP contribution is -2.42. The van der Waals surface area contributed by atoms with E-state index < -0.39 is 0 Å². The van der Waals surface area contributed by atoms with Crippen LogP contribution in [0.15, 0.2) is 0 Å². The molecule has 2 aliphatic carbocycles. The van der Waals surface area contributed by atoms with E-state index in [0.29, 0.717) is 0 Å². The molecule has 2 atom stereocenters. The van der Waals surface area contributed by atoms with Gasteiger partial charge in [-0.3, -0.25) is 4.90 Å². The van der Waals surface area contributed by atoms with Crippen molar-refractivity contribution in [3.8, 4) is 0 Å². The first kappa shape index (κ1) is 14.3. The molecule has 0 saturated heterocycles. The maximum absolute atomic E-state index is 3.82. The Labute approximate surface area is 114 Å². The largest absolute Gasteiger partial charge is 0.312 e. The summed E-state index contributed by atoms with van der Waals surface area (Å²) < 4.78 is 0. The van der Waals surface area contributed by atoms with E-state index in [0.717, 1.165) is 23.9 Å². The molecule has 0 heterocycles. The molecule has 2 fully saturated rings. The zero-order valence-corrected chi connectivity index (χ0v) is 12.6. The quantitative estimate of drug-likeness (QED) is 0.748. The highest BCUT2D eigenvalue weighted by molar-refractivity contribution is 4.86. The summed E-state index contributed by atoms with van der Waals surface area (Å²) in [5.41, 5.74) is 0. The van der Waals surface area contributed by atoms with Crippen molar-refractivity contribution in [2.45, 2.75) is 71.4 Å². The molecule has 2 heteroatoms. The SMILES string of the molecule is CC(C)CN(CCNC1CCCCC1C)C1CC1. The minimum absolute atomic E-state index is 0.791.